The van der Waals surface area contributed by atoms with Gasteiger partial charge < -0.3 is 10.8 Å². The summed E-state index contributed by atoms with van der Waals surface area (Å²) >= 11 is 5.80. The van der Waals surface area contributed by atoms with Gasteiger partial charge in [-0.25, -0.2) is 13.1 Å². The quantitative estimate of drug-likeness (QED) is 0.738. The number of hydrogen-bond donors (Lipinski definition) is 3. The lowest BCUT2D eigenvalue weighted by Crippen LogP contribution is -2.45. The van der Waals surface area contributed by atoms with E-state index in [9.17, 15) is 13.5 Å². The fourth-order valence-corrected chi connectivity index (χ4v) is 3.95. The highest BCUT2D eigenvalue weighted by atomic mass is 35.5. The molecule has 1 aliphatic carbocycles. The van der Waals surface area contributed by atoms with Gasteiger partial charge in [-0.1, -0.05) is 24.4 Å². The van der Waals surface area contributed by atoms with Gasteiger partial charge >= 0.3 is 0 Å². The molecule has 0 amide bonds. The van der Waals surface area contributed by atoms with Gasteiger partial charge in [-0.15, -0.1) is 0 Å². The molecule has 1 saturated carbocycles. The topological polar surface area (TPSA) is 92.4 Å². The molecule has 106 valence electrons. The van der Waals surface area contributed by atoms with Crippen molar-refractivity contribution in [1.29, 1.82) is 0 Å². The van der Waals surface area contributed by atoms with Crippen LogP contribution in [0.1, 0.15) is 25.7 Å². The molecule has 4 N–H and O–H groups in total. The first kappa shape index (κ1) is 14.6. The summed E-state index contributed by atoms with van der Waals surface area (Å²) in [6.07, 6.45) is 2.40. The van der Waals surface area contributed by atoms with Crippen LogP contribution in [0.15, 0.2) is 23.1 Å². The summed E-state index contributed by atoms with van der Waals surface area (Å²) in [6, 6.07) is 3.84. The second kappa shape index (κ2) is 5.66. The van der Waals surface area contributed by atoms with Crippen LogP contribution in [0.3, 0.4) is 0 Å². The summed E-state index contributed by atoms with van der Waals surface area (Å²) in [7, 11) is -3.77. The Bertz CT molecular complexity index is 562. The van der Waals surface area contributed by atoms with Gasteiger partial charge in [0.1, 0.15) is 4.90 Å². The maximum Gasteiger partial charge on any atom is 0.243 e. The van der Waals surface area contributed by atoms with Crippen molar-refractivity contribution >= 4 is 27.3 Å². The van der Waals surface area contributed by atoms with Crippen molar-refractivity contribution in [3.63, 3.8) is 0 Å². The lowest BCUT2D eigenvalue weighted by atomic mass is 9.93. The Morgan fingerprint density at radius 2 is 2.00 bits per heavy atom. The molecule has 1 fully saturated rings. The third kappa shape index (κ3) is 3.39. The lowest BCUT2D eigenvalue weighted by Gasteiger charge is -2.28. The van der Waals surface area contributed by atoms with E-state index >= 15 is 0 Å². The monoisotopic (exact) mass is 304 g/mol. The lowest BCUT2D eigenvalue weighted by molar-refractivity contribution is 0.101. The molecule has 0 aliphatic heterocycles. The maximum atomic E-state index is 12.3. The molecule has 0 aromatic heterocycles. The van der Waals surface area contributed by atoms with Crippen LogP contribution in [0.4, 0.5) is 5.69 Å². The number of nitrogen functional groups attached to an aromatic ring is 1. The highest BCUT2D eigenvalue weighted by Crippen LogP contribution is 2.25. The number of hydrogen-bond acceptors (Lipinski definition) is 4. The molecular formula is C12H17ClN2O3S. The minimum absolute atomic E-state index is 0.0437. The molecule has 2 rings (SSSR count). The van der Waals surface area contributed by atoms with E-state index in [4.69, 9.17) is 17.3 Å². The third-order valence-corrected chi connectivity index (χ3v) is 5.08. The molecule has 0 heterocycles. The predicted octanol–water partition coefficient (Wildman–Crippen LogP) is 1.50. The Hall–Kier alpha value is -0.820. The minimum atomic E-state index is -3.77. The van der Waals surface area contributed by atoms with Crippen LogP contribution < -0.4 is 10.5 Å². The van der Waals surface area contributed by atoms with Crippen LogP contribution in [0.5, 0.6) is 0 Å². The first-order valence-corrected chi connectivity index (χ1v) is 8.02. The van der Waals surface area contributed by atoms with E-state index in [1.807, 2.05) is 0 Å². The van der Waals surface area contributed by atoms with Crippen LogP contribution in [0, 0.1) is 0 Å². The normalized spacial score (nSPS) is 24.3. The van der Waals surface area contributed by atoms with Crippen LogP contribution in [0.25, 0.3) is 0 Å². The van der Waals surface area contributed by atoms with Crippen molar-refractivity contribution in [1.82, 2.24) is 4.72 Å². The molecule has 0 unspecified atom stereocenters. The van der Waals surface area contributed by atoms with Crippen molar-refractivity contribution in [3.8, 4) is 0 Å². The zero-order valence-corrected chi connectivity index (χ0v) is 11.9. The highest BCUT2D eigenvalue weighted by molar-refractivity contribution is 7.89. The van der Waals surface area contributed by atoms with Gasteiger partial charge in [0.2, 0.25) is 10.0 Å². The zero-order chi connectivity index (χ0) is 14.0. The molecule has 1 aliphatic rings. The number of aliphatic hydroxyl groups is 1. The Morgan fingerprint density at radius 1 is 1.32 bits per heavy atom. The van der Waals surface area contributed by atoms with E-state index < -0.39 is 22.2 Å². The summed E-state index contributed by atoms with van der Waals surface area (Å²) in [5.74, 6) is 0. The summed E-state index contributed by atoms with van der Waals surface area (Å²) in [5.41, 5.74) is 5.82. The van der Waals surface area contributed by atoms with Gasteiger partial charge in [0.05, 0.1) is 11.8 Å². The van der Waals surface area contributed by atoms with Crippen molar-refractivity contribution in [3.05, 3.63) is 23.2 Å². The van der Waals surface area contributed by atoms with E-state index in [0.717, 1.165) is 12.8 Å². The average Bonchev–Trinajstić information content (AvgIpc) is 2.35. The second-order valence-electron chi connectivity index (χ2n) is 4.76. The zero-order valence-electron chi connectivity index (χ0n) is 10.3. The molecule has 19 heavy (non-hydrogen) atoms. The van der Waals surface area contributed by atoms with Crippen LogP contribution in [-0.2, 0) is 10.0 Å². The fraction of sp³-hybridized carbons (Fsp3) is 0.500. The number of rotatable bonds is 3. The third-order valence-electron chi connectivity index (χ3n) is 3.30. The van der Waals surface area contributed by atoms with E-state index in [1.54, 1.807) is 0 Å². The Labute approximate surface area is 117 Å². The van der Waals surface area contributed by atoms with E-state index in [0.29, 0.717) is 17.9 Å². The largest absolute Gasteiger partial charge is 0.398 e. The van der Waals surface area contributed by atoms with Gasteiger partial charge in [0, 0.05) is 11.1 Å². The van der Waals surface area contributed by atoms with Crippen molar-refractivity contribution in [2.45, 2.75) is 42.7 Å². The molecule has 0 saturated heterocycles. The molecule has 0 spiro atoms. The second-order valence-corrected chi connectivity index (χ2v) is 6.88. The van der Waals surface area contributed by atoms with Crippen molar-refractivity contribution < 1.29 is 13.5 Å². The van der Waals surface area contributed by atoms with Gasteiger partial charge in [-0.2, -0.15) is 0 Å². The molecule has 1 aromatic rings. The smallest absolute Gasteiger partial charge is 0.243 e. The number of benzene rings is 1. The van der Waals surface area contributed by atoms with Crippen LogP contribution in [-0.4, -0.2) is 25.7 Å². The Kier molecular flexibility index (Phi) is 4.35. The average molecular weight is 305 g/mol. The molecule has 5 nitrogen and oxygen atoms in total. The summed E-state index contributed by atoms with van der Waals surface area (Å²) in [6.45, 7) is 0. The number of aliphatic hydroxyl groups excluding tert-OH is 1. The summed E-state index contributed by atoms with van der Waals surface area (Å²) in [4.78, 5) is -0.0437. The molecule has 0 radical (unpaired) electrons. The summed E-state index contributed by atoms with van der Waals surface area (Å²) < 4.78 is 27.0. The molecule has 0 bridgehead atoms. The van der Waals surface area contributed by atoms with Gasteiger partial charge in [-0.05, 0) is 31.0 Å². The number of nitrogens with one attached hydrogen (secondary N) is 1. The number of nitrogens with two attached hydrogens (primary N) is 1. The first-order chi connectivity index (χ1) is 8.90. The molecule has 2 atom stereocenters. The fourth-order valence-electron chi connectivity index (χ4n) is 2.25. The Balaban J connectivity index is 2.24. The van der Waals surface area contributed by atoms with Gasteiger partial charge in [0.15, 0.2) is 0 Å². The number of halogens is 1. The SMILES string of the molecule is Nc1ccc(Cl)cc1S(=O)(=O)N[C@H]1CCCC[C@@H]1O. The molecule has 1 aromatic carbocycles. The minimum Gasteiger partial charge on any atom is -0.398 e. The van der Waals surface area contributed by atoms with Crippen LogP contribution in [0.2, 0.25) is 5.02 Å². The highest BCUT2D eigenvalue weighted by Gasteiger charge is 2.29. The van der Waals surface area contributed by atoms with Crippen LogP contribution >= 0.6 is 11.6 Å². The van der Waals surface area contributed by atoms with E-state index in [2.05, 4.69) is 4.72 Å². The first-order valence-electron chi connectivity index (χ1n) is 6.15. The maximum absolute atomic E-state index is 12.3. The van der Waals surface area contributed by atoms with E-state index in [-0.39, 0.29) is 10.6 Å². The molecule has 7 heteroatoms. The standard InChI is InChI=1S/C12H17ClN2O3S/c13-8-5-6-9(14)12(7-8)19(17,18)15-10-3-1-2-4-11(10)16/h5-7,10-11,15-16H,1-4,14H2/t10-,11-/m0/s1. The van der Waals surface area contributed by atoms with Crippen molar-refractivity contribution in [2.24, 2.45) is 0 Å². The summed E-state index contributed by atoms with van der Waals surface area (Å²) in [5, 5.41) is 10.1. The van der Waals surface area contributed by atoms with Crippen molar-refractivity contribution in [2.75, 3.05) is 5.73 Å². The Morgan fingerprint density at radius 3 is 2.68 bits per heavy atom. The predicted molar refractivity (Wildman–Crippen MR) is 74.4 cm³/mol. The molecular weight excluding hydrogens is 288 g/mol. The van der Waals surface area contributed by atoms with Gasteiger partial charge in [-0.3, -0.25) is 0 Å². The van der Waals surface area contributed by atoms with Gasteiger partial charge in [0.25, 0.3) is 0 Å². The number of anilines is 1. The van der Waals surface area contributed by atoms with E-state index in [1.165, 1.54) is 18.2 Å². The number of sulfonamides is 1.